The molecule has 2 aromatic rings. The molecule has 0 bridgehead atoms. The van der Waals surface area contributed by atoms with Crippen molar-refractivity contribution in [1.29, 1.82) is 0 Å². The highest BCUT2D eigenvalue weighted by atomic mass is 16.1. The number of nitrogens with one attached hydrogen (secondary N) is 1. The van der Waals surface area contributed by atoms with Gasteiger partial charge in [-0.05, 0) is 35.7 Å². The molecule has 0 aliphatic rings. The maximum atomic E-state index is 12.0. The number of benzene rings is 1. The number of nitrogens with zero attached hydrogens (tertiary/aromatic N) is 1. The van der Waals surface area contributed by atoms with Crippen molar-refractivity contribution in [2.45, 2.75) is 26.3 Å². The number of hydrogen-bond acceptors (Lipinski definition) is 2. The second kappa shape index (κ2) is 6.14. The first kappa shape index (κ1) is 13.3. The van der Waals surface area contributed by atoms with Gasteiger partial charge in [0.1, 0.15) is 0 Å². The zero-order chi connectivity index (χ0) is 13.7. The normalized spacial score (nSPS) is 10.5. The van der Waals surface area contributed by atoms with Crippen LogP contribution in [-0.4, -0.2) is 10.9 Å². The van der Waals surface area contributed by atoms with E-state index < -0.39 is 0 Å². The number of amides is 1. The van der Waals surface area contributed by atoms with Gasteiger partial charge in [0.25, 0.3) is 5.91 Å². The zero-order valence-corrected chi connectivity index (χ0v) is 11.3. The molecule has 2 rings (SSSR count). The van der Waals surface area contributed by atoms with E-state index in [9.17, 15) is 4.79 Å². The second-order valence-electron chi connectivity index (χ2n) is 4.78. The fraction of sp³-hybridized carbons (Fsp3) is 0.250. The van der Waals surface area contributed by atoms with Crippen molar-refractivity contribution in [1.82, 2.24) is 10.3 Å². The van der Waals surface area contributed by atoms with E-state index in [4.69, 9.17) is 0 Å². The molecule has 19 heavy (non-hydrogen) atoms. The highest BCUT2D eigenvalue weighted by molar-refractivity contribution is 5.94. The number of carbonyl (C=O) groups excluding carboxylic acids is 1. The Morgan fingerprint density at radius 2 is 1.89 bits per heavy atom. The highest BCUT2D eigenvalue weighted by Crippen LogP contribution is 2.14. The first-order valence-electron chi connectivity index (χ1n) is 6.45. The molecular weight excluding hydrogens is 236 g/mol. The maximum absolute atomic E-state index is 12.0. The van der Waals surface area contributed by atoms with Crippen LogP contribution >= 0.6 is 0 Å². The standard InChI is InChI=1S/C16H18N2O/c1-12(2)13-6-8-14(9-7-13)16(19)18-11-15-5-3-4-10-17-15/h3-10,12H,11H2,1-2H3,(H,18,19). The minimum atomic E-state index is -0.0686. The average Bonchev–Trinajstić information content (AvgIpc) is 2.46. The molecule has 0 aliphatic carbocycles. The molecule has 0 fully saturated rings. The minimum Gasteiger partial charge on any atom is -0.346 e. The Balaban J connectivity index is 1.96. The predicted octanol–water partition coefficient (Wildman–Crippen LogP) is 3.14. The summed E-state index contributed by atoms with van der Waals surface area (Å²) in [5.74, 6) is 0.409. The Hall–Kier alpha value is -2.16. The van der Waals surface area contributed by atoms with Gasteiger partial charge in [0.15, 0.2) is 0 Å². The molecule has 98 valence electrons. The van der Waals surface area contributed by atoms with Gasteiger partial charge in [0.05, 0.1) is 12.2 Å². The van der Waals surface area contributed by atoms with Crippen molar-refractivity contribution < 1.29 is 4.79 Å². The molecule has 1 heterocycles. The van der Waals surface area contributed by atoms with Crippen molar-refractivity contribution in [2.24, 2.45) is 0 Å². The van der Waals surface area contributed by atoms with Gasteiger partial charge < -0.3 is 5.32 Å². The third-order valence-corrected chi connectivity index (χ3v) is 3.00. The van der Waals surface area contributed by atoms with Crippen molar-refractivity contribution in [2.75, 3.05) is 0 Å². The fourth-order valence-corrected chi connectivity index (χ4v) is 1.79. The van der Waals surface area contributed by atoms with E-state index >= 15 is 0 Å². The van der Waals surface area contributed by atoms with E-state index in [2.05, 4.69) is 24.1 Å². The molecule has 0 saturated carbocycles. The summed E-state index contributed by atoms with van der Waals surface area (Å²) in [5, 5.41) is 2.86. The molecule has 3 heteroatoms. The molecule has 1 aromatic heterocycles. The highest BCUT2D eigenvalue weighted by Gasteiger charge is 2.06. The summed E-state index contributed by atoms with van der Waals surface area (Å²) in [6.07, 6.45) is 1.72. The maximum Gasteiger partial charge on any atom is 0.251 e. The number of rotatable bonds is 4. The molecule has 0 radical (unpaired) electrons. The fourth-order valence-electron chi connectivity index (χ4n) is 1.79. The topological polar surface area (TPSA) is 42.0 Å². The first-order chi connectivity index (χ1) is 9.16. The third kappa shape index (κ3) is 3.65. The minimum absolute atomic E-state index is 0.0686. The van der Waals surface area contributed by atoms with Crippen molar-refractivity contribution >= 4 is 5.91 Å². The SMILES string of the molecule is CC(C)c1ccc(C(=O)NCc2ccccn2)cc1. The molecular formula is C16H18N2O. The van der Waals surface area contributed by atoms with Crippen LogP contribution < -0.4 is 5.32 Å². The van der Waals surface area contributed by atoms with Gasteiger partial charge in [0.2, 0.25) is 0 Å². The van der Waals surface area contributed by atoms with Gasteiger partial charge >= 0.3 is 0 Å². The van der Waals surface area contributed by atoms with Gasteiger partial charge in [-0.3, -0.25) is 9.78 Å². The molecule has 1 N–H and O–H groups in total. The van der Waals surface area contributed by atoms with Gasteiger partial charge in [0, 0.05) is 11.8 Å². The Bertz CT molecular complexity index is 532. The van der Waals surface area contributed by atoms with Crippen LogP contribution in [0, 0.1) is 0 Å². The van der Waals surface area contributed by atoms with Crippen molar-refractivity contribution in [3.63, 3.8) is 0 Å². The first-order valence-corrected chi connectivity index (χ1v) is 6.45. The summed E-state index contributed by atoms with van der Waals surface area (Å²) in [6.45, 7) is 4.72. The van der Waals surface area contributed by atoms with Gasteiger partial charge in [-0.25, -0.2) is 0 Å². The van der Waals surface area contributed by atoms with Crippen molar-refractivity contribution in [3.8, 4) is 0 Å². The summed E-state index contributed by atoms with van der Waals surface area (Å²) in [6, 6.07) is 13.4. The molecule has 0 aliphatic heterocycles. The number of aromatic nitrogens is 1. The summed E-state index contributed by atoms with van der Waals surface area (Å²) >= 11 is 0. The molecule has 1 aromatic carbocycles. The Kier molecular flexibility index (Phi) is 4.29. The monoisotopic (exact) mass is 254 g/mol. The largest absolute Gasteiger partial charge is 0.346 e. The molecule has 0 saturated heterocycles. The van der Waals surface area contributed by atoms with Crippen LogP contribution in [0.3, 0.4) is 0 Å². The van der Waals surface area contributed by atoms with Crippen molar-refractivity contribution in [3.05, 3.63) is 65.5 Å². The van der Waals surface area contributed by atoms with E-state index in [0.29, 0.717) is 18.0 Å². The number of pyridine rings is 1. The Labute approximate surface area is 113 Å². The zero-order valence-electron chi connectivity index (χ0n) is 11.3. The second-order valence-corrected chi connectivity index (χ2v) is 4.78. The van der Waals surface area contributed by atoms with Gasteiger partial charge in [-0.1, -0.05) is 32.0 Å². The molecule has 0 unspecified atom stereocenters. The van der Waals surface area contributed by atoms with Crippen LogP contribution in [0.2, 0.25) is 0 Å². The Morgan fingerprint density at radius 1 is 1.16 bits per heavy atom. The van der Waals surface area contributed by atoms with E-state index in [0.717, 1.165) is 5.69 Å². The van der Waals surface area contributed by atoms with E-state index in [1.807, 2.05) is 42.5 Å². The van der Waals surface area contributed by atoms with Crippen LogP contribution in [-0.2, 0) is 6.54 Å². The quantitative estimate of drug-likeness (QED) is 0.910. The average molecular weight is 254 g/mol. The lowest BCUT2D eigenvalue weighted by molar-refractivity contribution is 0.0950. The smallest absolute Gasteiger partial charge is 0.251 e. The Morgan fingerprint density at radius 3 is 2.47 bits per heavy atom. The van der Waals surface area contributed by atoms with Crippen LogP contribution in [0.4, 0.5) is 0 Å². The van der Waals surface area contributed by atoms with Gasteiger partial charge in [-0.2, -0.15) is 0 Å². The van der Waals surface area contributed by atoms with Crippen LogP contribution in [0.25, 0.3) is 0 Å². The van der Waals surface area contributed by atoms with Gasteiger partial charge in [-0.15, -0.1) is 0 Å². The molecule has 3 nitrogen and oxygen atoms in total. The number of hydrogen-bond donors (Lipinski definition) is 1. The van der Waals surface area contributed by atoms with Crippen LogP contribution in [0.5, 0.6) is 0 Å². The third-order valence-electron chi connectivity index (χ3n) is 3.00. The van der Waals surface area contributed by atoms with E-state index in [1.54, 1.807) is 6.20 Å². The summed E-state index contributed by atoms with van der Waals surface area (Å²) in [4.78, 5) is 16.1. The van der Waals surface area contributed by atoms with Crippen LogP contribution in [0.1, 0.15) is 41.4 Å². The summed E-state index contributed by atoms with van der Waals surface area (Å²) in [7, 11) is 0. The van der Waals surface area contributed by atoms with Crippen LogP contribution in [0.15, 0.2) is 48.7 Å². The lowest BCUT2D eigenvalue weighted by Crippen LogP contribution is -2.23. The molecule has 1 amide bonds. The number of carbonyl (C=O) groups is 1. The molecule has 0 atom stereocenters. The summed E-state index contributed by atoms with van der Waals surface area (Å²) in [5.41, 5.74) is 2.77. The lowest BCUT2D eigenvalue weighted by atomic mass is 10.0. The van der Waals surface area contributed by atoms with E-state index in [-0.39, 0.29) is 5.91 Å². The lowest BCUT2D eigenvalue weighted by Gasteiger charge is -2.07. The van der Waals surface area contributed by atoms with E-state index in [1.165, 1.54) is 5.56 Å². The predicted molar refractivity (Wildman–Crippen MR) is 75.9 cm³/mol. The summed E-state index contributed by atoms with van der Waals surface area (Å²) < 4.78 is 0. The molecule has 0 spiro atoms.